The summed E-state index contributed by atoms with van der Waals surface area (Å²) < 4.78 is 19.4. The van der Waals surface area contributed by atoms with Crippen LogP contribution in [0.3, 0.4) is 0 Å². The van der Waals surface area contributed by atoms with E-state index in [0.29, 0.717) is 57.4 Å². The predicted octanol–water partition coefficient (Wildman–Crippen LogP) is 5.99. The molecule has 0 atom stereocenters. The van der Waals surface area contributed by atoms with Gasteiger partial charge in [0.25, 0.3) is 0 Å². The quantitative estimate of drug-likeness (QED) is 0.318. The van der Waals surface area contributed by atoms with Crippen LogP contribution in [-0.2, 0) is 11.3 Å². The molecule has 1 aliphatic carbocycles. The molecule has 6 nitrogen and oxygen atoms in total. The number of H-pyrrole nitrogens is 1. The van der Waals surface area contributed by atoms with Crippen molar-refractivity contribution in [1.82, 2.24) is 14.9 Å². The Bertz CT molecular complexity index is 1410. The molecule has 8 heteroatoms. The maximum atomic E-state index is 14.2. The fourth-order valence-corrected chi connectivity index (χ4v) is 4.71. The van der Waals surface area contributed by atoms with Gasteiger partial charge < -0.3 is 15.0 Å². The van der Waals surface area contributed by atoms with Crippen molar-refractivity contribution in [3.8, 4) is 11.3 Å². The number of benzene rings is 2. The zero-order valence-corrected chi connectivity index (χ0v) is 20.1. The summed E-state index contributed by atoms with van der Waals surface area (Å²) in [4.78, 5) is 22.8. The lowest BCUT2D eigenvalue weighted by atomic mass is 10.0. The van der Waals surface area contributed by atoms with E-state index < -0.39 is 0 Å². The van der Waals surface area contributed by atoms with Crippen LogP contribution in [0.4, 0.5) is 10.1 Å². The third-order valence-corrected chi connectivity index (χ3v) is 6.74. The number of rotatable bonds is 7. The number of fused-ring (bicyclic) bond motifs is 2. The first-order valence-electron chi connectivity index (χ1n) is 11.4. The van der Waals surface area contributed by atoms with E-state index in [4.69, 9.17) is 21.3 Å². The fraction of sp³-hybridized carbons (Fsp3) is 0.308. The van der Waals surface area contributed by atoms with Crippen LogP contribution in [0.15, 0.2) is 36.4 Å². The maximum Gasteiger partial charge on any atom is 0.338 e. The molecular weight excluding hydrogens is 455 g/mol. The second-order valence-electron chi connectivity index (χ2n) is 8.71. The molecule has 2 N–H and O–H groups in total. The first-order chi connectivity index (χ1) is 16.4. The van der Waals surface area contributed by atoms with Crippen LogP contribution in [0.2, 0.25) is 5.02 Å². The first kappa shape index (κ1) is 22.6. The minimum atomic E-state index is -0.379. The number of esters is 1. The van der Waals surface area contributed by atoms with Gasteiger partial charge in [0, 0.05) is 41.7 Å². The van der Waals surface area contributed by atoms with Gasteiger partial charge in [-0.2, -0.15) is 0 Å². The molecule has 0 spiro atoms. The van der Waals surface area contributed by atoms with Gasteiger partial charge in [0.15, 0.2) is 0 Å². The minimum Gasteiger partial charge on any atom is -0.462 e. The van der Waals surface area contributed by atoms with E-state index in [1.54, 1.807) is 20.0 Å². The molecule has 2 aromatic heterocycles. The molecule has 0 amide bonds. The molecule has 0 aliphatic heterocycles. The number of ether oxygens (including phenoxy) is 1. The van der Waals surface area contributed by atoms with Gasteiger partial charge in [0.05, 0.1) is 28.4 Å². The van der Waals surface area contributed by atoms with Gasteiger partial charge in [0.2, 0.25) is 0 Å². The van der Waals surface area contributed by atoms with Crippen LogP contribution in [0.1, 0.15) is 35.7 Å². The van der Waals surface area contributed by atoms with Crippen molar-refractivity contribution >= 4 is 45.2 Å². The van der Waals surface area contributed by atoms with Gasteiger partial charge in [-0.05, 0) is 62.7 Å². The van der Waals surface area contributed by atoms with E-state index in [2.05, 4.69) is 22.2 Å². The van der Waals surface area contributed by atoms with Crippen LogP contribution in [0, 0.1) is 5.82 Å². The Morgan fingerprint density at radius 2 is 2.06 bits per heavy atom. The molecule has 1 fully saturated rings. The standard InChI is InChI=1S/C26H26ClFN4O2/c1-4-34-26(33)14-5-8-18(15(9-14)13-32(3)17-6-7-17)21-12-20-23(27)19-10-16(28)11-22(29-2)24(19)31-25(20)30-21/h5,8-12,17,29H,4,6-7,13H2,1-3H3,(H,30,31). The largest absolute Gasteiger partial charge is 0.462 e. The van der Waals surface area contributed by atoms with Crippen molar-refractivity contribution in [2.24, 2.45) is 0 Å². The number of nitrogens with one attached hydrogen (secondary N) is 2. The number of pyridine rings is 1. The molecule has 0 radical (unpaired) electrons. The lowest BCUT2D eigenvalue weighted by Crippen LogP contribution is -2.20. The molecule has 176 valence electrons. The van der Waals surface area contributed by atoms with Gasteiger partial charge in [0.1, 0.15) is 11.5 Å². The highest BCUT2D eigenvalue weighted by Crippen LogP contribution is 2.38. The third-order valence-electron chi connectivity index (χ3n) is 6.33. The molecule has 4 aromatic rings. The Morgan fingerprint density at radius 3 is 2.76 bits per heavy atom. The highest BCUT2D eigenvalue weighted by molar-refractivity contribution is 6.40. The number of hydrogen-bond donors (Lipinski definition) is 2. The molecule has 0 bridgehead atoms. The first-order valence-corrected chi connectivity index (χ1v) is 11.8. The Labute approximate surface area is 202 Å². The summed E-state index contributed by atoms with van der Waals surface area (Å²) in [6.45, 7) is 2.82. The van der Waals surface area contributed by atoms with Crippen LogP contribution in [-0.4, -0.2) is 47.6 Å². The lowest BCUT2D eigenvalue weighted by molar-refractivity contribution is 0.0526. The number of carbonyl (C=O) groups is 1. The van der Waals surface area contributed by atoms with E-state index >= 15 is 0 Å². The fourth-order valence-electron chi connectivity index (χ4n) is 4.42. The van der Waals surface area contributed by atoms with Crippen LogP contribution in [0.5, 0.6) is 0 Å². The van der Waals surface area contributed by atoms with Gasteiger partial charge in [-0.3, -0.25) is 4.90 Å². The summed E-state index contributed by atoms with van der Waals surface area (Å²) in [7, 11) is 3.82. The molecule has 2 aromatic carbocycles. The van der Waals surface area contributed by atoms with Crippen molar-refractivity contribution in [3.63, 3.8) is 0 Å². The lowest BCUT2D eigenvalue weighted by Gasteiger charge is -2.18. The summed E-state index contributed by atoms with van der Waals surface area (Å²) in [5, 5.41) is 4.70. The summed E-state index contributed by atoms with van der Waals surface area (Å²) in [5.41, 5.74) is 5.11. The highest BCUT2D eigenvalue weighted by Gasteiger charge is 2.27. The summed E-state index contributed by atoms with van der Waals surface area (Å²) in [6, 6.07) is 10.9. The highest BCUT2D eigenvalue weighted by atomic mass is 35.5. The zero-order chi connectivity index (χ0) is 24.0. The second-order valence-corrected chi connectivity index (χ2v) is 9.09. The molecule has 0 unspecified atom stereocenters. The number of carbonyl (C=O) groups excluding carboxylic acids is 1. The van der Waals surface area contributed by atoms with Gasteiger partial charge in [-0.15, -0.1) is 0 Å². The molecule has 1 aliphatic rings. The van der Waals surface area contributed by atoms with E-state index in [-0.39, 0.29) is 11.8 Å². The van der Waals surface area contributed by atoms with Crippen LogP contribution >= 0.6 is 11.6 Å². The molecule has 1 saturated carbocycles. The Kier molecular flexibility index (Phi) is 5.91. The second kappa shape index (κ2) is 8.89. The smallest absolute Gasteiger partial charge is 0.338 e. The summed E-state index contributed by atoms with van der Waals surface area (Å²) >= 11 is 6.73. The number of nitrogens with zero attached hydrogens (tertiary/aromatic N) is 2. The number of aromatic amines is 1. The number of anilines is 1. The summed E-state index contributed by atoms with van der Waals surface area (Å²) in [6.07, 6.45) is 2.37. The molecular formula is C26H26ClFN4O2. The molecule has 5 rings (SSSR count). The van der Waals surface area contributed by atoms with Crippen molar-refractivity contribution in [2.45, 2.75) is 32.4 Å². The average Bonchev–Trinajstić information content (AvgIpc) is 3.59. The van der Waals surface area contributed by atoms with Crippen molar-refractivity contribution in [1.29, 1.82) is 0 Å². The number of halogens is 2. The van der Waals surface area contributed by atoms with E-state index in [1.807, 2.05) is 18.2 Å². The summed E-state index contributed by atoms with van der Waals surface area (Å²) in [5.74, 6) is -0.714. The predicted molar refractivity (Wildman–Crippen MR) is 134 cm³/mol. The monoisotopic (exact) mass is 480 g/mol. The third kappa shape index (κ3) is 4.10. The van der Waals surface area contributed by atoms with Gasteiger partial charge in [-0.25, -0.2) is 14.2 Å². The Morgan fingerprint density at radius 1 is 1.26 bits per heavy atom. The molecule has 0 saturated heterocycles. The topological polar surface area (TPSA) is 70.2 Å². The number of hydrogen-bond acceptors (Lipinski definition) is 5. The van der Waals surface area contributed by atoms with Crippen molar-refractivity contribution < 1.29 is 13.9 Å². The van der Waals surface area contributed by atoms with E-state index in [1.165, 1.54) is 25.0 Å². The maximum absolute atomic E-state index is 14.2. The normalized spacial score (nSPS) is 13.7. The average molecular weight is 481 g/mol. The molecule has 2 heterocycles. The van der Waals surface area contributed by atoms with E-state index in [9.17, 15) is 9.18 Å². The Balaban J connectivity index is 1.65. The van der Waals surface area contributed by atoms with Gasteiger partial charge in [-0.1, -0.05) is 17.7 Å². The van der Waals surface area contributed by atoms with Crippen LogP contribution < -0.4 is 5.32 Å². The zero-order valence-electron chi connectivity index (χ0n) is 19.3. The van der Waals surface area contributed by atoms with Crippen molar-refractivity contribution in [3.05, 3.63) is 58.4 Å². The Hall–Kier alpha value is -3.16. The van der Waals surface area contributed by atoms with E-state index in [0.717, 1.165) is 16.8 Å². The molecule has 34 heavy (non-hydrogen) atoms. The van der Waals surface area contributed by atoms with Crippen LogP contribution in [0.25, 0.3) is 33.2 Å². The SMILES string of the molecule is CCOC(=O)c1ccc(-c2cc3c(Cl)c4cc(F)cc(NC)c4nc3[nH]2)c(CN(C)C2CC2)c1. The van der Waals surface area contributed by atoms with Crippen molar-refractivity contribution in [2.75, 3.05) is 26.0 Å². The minimum absolute atomic E-state index is 0.326. The van der Waals surface area contributed by atoms with Gasteiger partial charge >= 0.3 is 5.97 Å². The number of aromatic nitrogens is 2.